The Morgan fingerprint density at radius 1 is 1.07 bits per heavy atom. The van der Waals surface area contributed by atoms with E-state index in [0.717, 1.165) is 11.1 Å². The summed E-state index contributed by atoms with van der Waals surface area (Å²) in [6.45, 7) is 9.90. The molecule has 0 bridgehead atoms. The van der Waals surface area contributed by atoms with Gasteiger partial charge in [0.1, 0.15) is 0 Å². The van der Waals surface area contributed by atoms with Crippen molar-refractivity contribution in [2.45, 2.75) is 45.6 Å². The number of benzene rings is 1. The molecule has 2 aliphatic rings. The summed E-state index contributed by atoms with van der Waals surface area (Å²) in [7, 11) is 0. The van der Waals surface area contributed by atoms with E-state index in [4.69, 9.17) is 5.73 Å². The molecule has 0 saturated heterocycles. The van der Waals surface area contributed by atoms with Crippen molar-refractivity contribution in [3.05, 3.63) is 58.3 Å². The normalized spacial score (nSPS) is 23.8. The van der Waals surface area contributed by atoms with Gasteiger partial charge in [-0.25, -0.2) is 0 Å². The predicted octanol–water partition coefficient (Wildman–Crippen LogP) is 3.94. The molecule has 5 heteroatoms. The summed E-state index contributed by atoms with van der Waals surface area (Å²) in [6.07, 6.45) is 1.98. The van der Waals surface area contributed by atoms with Crippen molar-refractivity contribution in [3.63, 3.8) is 0 Å². The molecule has 0 amide bonds. The Bertz CT molecular complexity index is 962. The number of nitriles is 3. The lowest BCUT2D eigenvalue weighted by Crippen LogP contribution is -2.48. The first-order valence-corrected chi connectivity index (χ1v) is 10.1. The Morgan fingerprint density at radius 3 is 2.17 bits per heavy atom. The average molecular weight is 386 g/mol. The molecule has 2 atom stereocenters. The molecule has 3 rings (SSSR count). The summed E-state index contributed by atoms with van der Waals surface area (Å²) < 4.78 is 0. The first-order chi connectivity index (χ1) is 13.8. The van der Waals surface area contributed by atoms with Gasteiger partial charge in [0.25, 0.3) is 0 Å². The Kier molecular flexibility index (Phi) is 5.52. The van der Waals surface area contributed by atoms with Crippen LogP contribution in [-0.4, -0.2) is 24.0 Å². The van der Waals surface area contributed by atoms with Gasteiger partial charge in [-0.1, -0.05) is 44.2 Å². The van der Waals surface area contributed by atoms with Crippen molar-refractivity contribution in [2.75, 3.05) is 13.1 Å². The highest BCUT2D eigenvalue weighted by Gasteiger charge is 2.52. The van der Waals surface area contributed by atoms with Crippen molar-refractivity contribution in [2.24, 2.45) is 17.1 Å². The summed E-state index contributed by atoms with van der Waals surface area (Å²) in [5.41, 5.74) is 8.20. The minimum Gasteiger partial charge on any atom is -0.399 e. The predicted molar refractivity (Wildman–Crippen MR) is 112 cm³/mol. The summed E-state index contributed by atoms with van der Waals surface area (Å²) in [6, 6.07) is 15.1. The van der Waals surface area contributed by atoms with Crippen molar-refractivity contribution < 1.29 is 0 Å². The number of fused-ring (bicyclic) bond motifs is 1. The van der Waals surface area contributed by atoms with Gasteiger partial charge in [-0.3, -0.25) is 4.90 Å². The summed E-state index contributed by atoms with van der Waals surface area (Å²) in [4.78, 5) is 2.31. The Morgan fingerprint density at radius 2 is 1.69 bits per heavy atom. The fourth-order valence-corrected chi connectivity index (χ4v) is 4.55. The van der Waals surface area contributed by atoms with Gasteiger partial charge in [0.05, 0.1) is 29.5 Å². The highest BCUT2D eigenvalue weighted by molar-refractivity contribution is 5.58. The molecule has 5 nitrogen and oxygen atoms in total. The topological polar surface area (TPSA) is 101 Å². The van der Waals surface area contributed by atoms with Crippen LogP contribution in [0.5, 0.6) is 0 Å². The minimum absolute atomic E-state index is 0.0865. The summed E-state index contributed by atoms with van der Waals surface area (Å²) in [5, 5.41) is 29.9. The van der Waals surface area contributed by atoms with Crippen LogP contribution in [-0.2, 0) is 0 Å². The van der Waals surface area contributed by atoms with Crippen LogP contribution >= 0.6 is 0 Å². The van der Waals surface area contributed by atoms with Crippen molar-refractivity contribution in [3.8, 4) is 18.2 Å². The molecule has 148 valence electrons. The monoisotopic (exact) mass is 385 g/mol. The molecule has 1 aliphatic heterocycles. The first-order valence-electron chi connectivity index (χ1n) is 10.1. The van der Waals surface area contributed by atoms with Gasteiger partial charge >= 0.3 is 0 Å². The zero-order valence-corrected chi connectivity index (χ0v) is 17.5. The Hall–Kier alpha value is -3.07. The fraction of sp³-hybridized carbons (Fsp3) is 0.458. The van der Waals surface area contributed by atoms with Crippen LogP contribution < -0.4 is 5.73 Å². The molecule has 0 radical (unpaired) electrons. The molecule has 0 aromatic heterocycles. The number of hydrogen-bond donors (Lipinski definition) is 1. The van der Waals surface area contributed by atoms with Crippen LogP contribution in [0.15, 0.2) is 47.2 Å². The van der Waals surface area contributed by atoms with Gasteiger partial charge in [-0.05, 0) is 36.5 Å². The number of hydrogen-bond acceptors (Lipinski definition) is 5. The molecule has 2 N–H and O–H groups in total. The number of nitrogens with zero attached hydrogens (tertiary/aromatic N) is 4. The summed E-state index contributed by atoms with van der Waals surface area (Å²) in [5.74, 6) is 0.0130. The molecule has 1 aromatic rings. The SMILES string of the molecule is CC(C)c1ccc([C@@H]2C(C#N)=C(N)C(C#N)(C#N)C3=CCN(C(C)C)C[C@H]32)cc1. The van der Waals surface area contributed by atoms with Gasteiger partial charge in [-0.2, -0.15) is 15.8 Å². The smallest absolute Gasteiger partial charge is 0.204 e. The second-order valence-electron chi connectivity index (χ2n) is 8.53. The van der Waals surface area contributed by atoms with E-state index in [1.807, 2.05) is 6.08 Å². The molecular weight excluding hydrogens is 358 g/mol. The van der Waals surface area contributed by atoms with Crippen LogP contribution in [0, 0.1) is 45.3 Å². The third kappa shape index (κ3) is 3.21. The van der Waals surface area contributed by atoms with Crippen LogP contribution in [0.2, 0.25) is 0 Å². The largest absolute Gasteiger partial charge is 0.399 e. The van der Waals surface area contributed by atoms with E-state index in [0.29, 0.717) is 30.6 Å². The van der Waals surface area contributed by atoms with E-state index in [1.54, 1.807) is 0 Å². The van der Waals surface area contributed by atoms with E-state index < -0.39 is 5.41 Å². The Labute approximate surface area is 173 Å². The third-order valence-corrected chi connectivity index (χ3v) is 6.37. The minimum atomic E-state index is -1.56. The van der Waals surface area contributed by atoms with Gasteiger partial charge < -0.3 is 5.73 Å². The number of nitrogens with two attached hydrogens (primary N) is 1. The lowest BCUT2D eigenvalue weighted by atomic mass is 9.60. The first kappa shape index (κ1) is 20.7. The highest BCUT2D eigenvalue weighted by Crippen LogP contribution is 2.52. The zero-order chi connectivity index (χ0) is 21.3. The highest BCUT2D eigenvalue weighted by atomic mass is 15.2. The van der Waals surface area contributed by atoms with Gasteiger partial charge in [0, 0.05) is 31.0 Å². The Balaban J connectivity index is 2.23. The van der Waals surface area contributed by atoms with Crippen LogP contribution in [0.25, 0.3) is 0 Å². The van der Waals surface area contributed by atoms with Crippen LogP contribution in [0.4, 0.5) is 0 Å². The van der Waals surface area contributed by atoms with Crippen molar-refractivity contribution in [1.82, 2.24) is 4.90 Å². The maximum Gasteiger partial charge on any atom is 0.204 e. The van der Waals surface area contributed by atoms with Gasteiger partial charge in [-0.15, -0.1) is 0 Å². The van der Waals surface area contributed by atoms with Gasteiger partial charge in [0.2, 0.25) is 5.41 Å². The molecule has 0 unspecified atom stereocenters. The van der Waals surface area contributed by atoms with Gasteiger partial charge in [0.15, 0.2) is 0 Å². The van der Waals surface area contributed by atoms with E-state index >= 15 is 0 Å². The second kappa shape index (κ2) is 7.75. The molecule has 0 fully saturated rings. The fourth-order valence-electron chi connectivity index (χ4n) is 4.55. The number of rotatable bonds is 3. The van der Waals surface area contributed by atoms with E-state index in [-0.39, 0.29) is 17.5 Å². The molecule has 0 saturated carbocycles. The molecule has 29 heavy (non-hydrogen) atoms. The van der Waals surface area contributed by atoms with Crippen molar-refractivity contribution in [1.29, 1.82) is 15.8 Å². The standard InChI is InChI=1S/C24H27N5/c1-15(2)17-5-7-18(8-6-17)22-19(11-25)23(28)24(13-26,14-27)21-9-10-29(16(3)4)12-20(21)22/h5-9,15-16,20,22H,10,12,28H2,1-4H3/t20-,22-/m1/s1. The quantitative estimate of drug-likeness (QED) is 0.794. The van der Waals surface area contributed by atoms with Crippen LogP contribution in [0.3, 0.4) is 0 Å². The lowest BCUT2D eigenvalue weighted by Gasteiger charge is -2.46. The van der Waals surface area contributed by atoms with E-state index in [1.165, 1.54) is 5.56 Å². The maximum absolute atomic E-state index is 9.98. The van der Waals surface area contributed by atoms with Crippen molar-refractivity contribution >= 4 is 0 Å². The molecule has 0 spiro atoms. The zero-order valence-electron chi connectivity index (χ0n) is 17.5. The van der Waals surface area contributed by atoms with Crippen LogP contribution in [0.1, 0.15) is 50.7 Å². The second-order valence-corrected chi connectivity index (χ2v) is 8.53. The molecule has 1 aliphatic carbocycles. The third-order valence-electron chi connectivity index (χ3n) is 6.37. The maximum atomic E-state index is 9.98. The summed E-state index contributed by atoms with van der Waals surface area (Å²) >= 11 is 0. The molecular formula is C24H27N5. The molecule has 1 aromatic carbocycles. The molecule has 1 heterocycles. The van der Waals surface area contributed by atoms with E-state index in [9.17, 15) is 15.8 Å². The lowest BCUT2D eigenvalue weighted by molar-refractivity contribution is 0.186. The van der Waals surface area contributed by atoms with E-state index in [2.05, 4.69) is 75.1 Å². The average Bonchev–Trinajstić information content (AvgIpc) is 2.73. The number of allylic oxidation sites excluding steroid dienone is 2.